The molecule has 1 fully saturated rings. The summed E-state index contributed by atoms with van der Waals surface area (Å²) < 4.78 is 28.6. The number of anilines is 1. The highest BCUT2D eigenvalue weighted by atomic mass is 32.1. The van der Waals surface area contributed by atoms with Crippen LogP contribution in [-0.2, 0) is 6.61 Å². The average molecular weight is 481 g/mol. The Kier molecular flexibility index (Phi) is 8.80. The second kappa shape index (κ2) is 11.8. The van der Waals surface area contributed by atoms with Crippen LogP contribution in [0.2, 0.25) is 0 Å². The van der Waals surface area contributed by atoms with Gasteiger partial charge in [0.2, 0.25) is 5.75 Å². The van der Waals surface area contributed by atoms with Crippen LogP contribution in [0.15, 0.2) is 18.2 Å². The Morgan fingerprint density at radius 1 is 1.27 bits per heavy atom. The SMILES string of the molecule is Cc1ccc(COc2nsc(NC(=O)NCCCN3CCN(C)CC3)c2OC(N)=O)c(F)c1. The zero-order valence-electron chi connectivity index (χ0n) is 18.7. The van der Waals surface area contributed by atoms with Crippen molar-refractivity contribution in [1.82, 2.24) is 19.5 Å². The fourth-order valence-corrected chi connectivity index (χ4v) is 3.93. The van der Waals surface area contributed by atoms with Gasteiger partial charge in [-0.1, -0.05) is 12.1 Å². The maximum absolute atomic E-state index is 14.1. The predicted molar refractivity (Wildman–Crippen MR) is 123 cm³/mol. The molecule has 12 heteroatoms. The number of piperazine rings is 1. The predicted octanol–water partition coefficient (Wildman–Crippen LogP) is 2.39. The maximum Gasteiger partial charge on any atom is 0.410 e. The molecule has 1 aromatic carbocycles. The molecule has 0 unspecified atom stereocenters. The van der Waals surface area contributed by atoms with Gasteiger partial charge in [-0.2, -0.15) is 0 Å². The number of urea groups is 1. The Labute approximate surface area is 196 Å². The molecule has 0 saturated carbocycles. The van der Waals surface area contributed by atoms with Crippen molar-refractivity contribution in [3.63, 3.8) is 0 Å². The van der Waals surface area contributed by atoms with E-state index in [1.807, 2.05) is 0 Å². The van der Waals surface area contributed by atoms with E-state index in [9.17, 15) is 14.0 Å². The number of amides is 3. The fraction of sp³-hybridized carbons (Fsp3) is 0.476. The number of aromatic nitrogens is 1. The van der Waals surface area contributed by atoms with E-state index in [0.717, 1.165) is 56.2 Å². The minimum Gasteiger partial charge on any atom is -0.469 e. The van der Waals surface area contributed by atoms with Crippen LogP contribution in [0.3, 0.4) is 0 Å². The largest absolute Gasteiger partial charge is 0.469 e. The number of nitrogens with zero attached hydrogens (tertiary/aromatic N) is 3. The number of carbonyl (C=O) groups is 2. The summed E-state index contributed by atoms with van der Waals surface area (Å²) in [6.45, 7) is 7.16. The fourth-order valence-electron chi connectivity index (χ4n) is 3.27. The summed E-state index contributed by atoms with van der Waals surface area (Å²) in [6, 6.07) is 4.27. The Balaban J connectivity index is 1.51. The molecule has 1 aromatic heterocycles. The first kappa shape index (κ1) is 24.7. The third kappa shape index (κ3) is 7.55. The van der Waals surface area contributed by atoms with Crippen molar-refractivity contribution in [3.05, 3.63) is 35.1 Å². The minimum atomic E-state index is -1.09. The van der Waals surface area contributed by atoms with Gasteiger partial charge in [-0.15, -0.1) is 4.37 Å². The highest BCUT2D eigenvalue weighted by molar-refractivity contribution is 7.11. The van der Waals surface area contributed by atoms with Crippen LogP contribution in [0, 0.1) is 12.7 Å². The van der Waals surface area contributed by atoms with E-state index in [1.165, 1.54) is 6.07 Å². The number of ether oxygens (including phenoxy) is 2. The maximum atomic E-state index is 14.1. The van der Waals surface area contributed by atoms with Crippen molar-refractivity contribution in [1.29, 1.82) is 0 Å². The second-order valence-electron chi connectivity index (χ2n) is 7.83. The zero-order chi connectivity index (χ0) is 23.8. The average Bonchev–Trinajstić information content (AvgIpc) is 3.12. The van der Waals surface area contributed by atoms with E-state index in [0.29, 0.717) is 12.1 Å². The lowest BCUT2D eigenvalue weighted by Gasteiger charge is -2.32. The molecule has 180 valence electrons. The summed E-state index contributed by atoms with van der Waals surface area (Å²) in [4.78, 5) is 28.3. The molecule has 2 aromatic rings. The van der Waals surface area contributed by atoms with Gasteiger partial charge in [-0.05, 0) is 50.1 Å². The van der Waals surface area contributed by atoms with Crippen molar-refractivity contribution in [2.75, 3.05) is 51.6 Å². The lowest BCUT2D eigenvalue weighted by molar-refractivity contribution is 0.153. The molecule has 1 saturated heterocycles. The van der Waals surface area contributed by atoms with E-state index < -0.39 is 17.9 Å². The van der Waals surface area contributed by atoms with Crippen LogP contribution in [-0.4, -0.2) is 72.6 Å². The molecule has 3 amide bonds. The zero-order valence-corrected chi connectivity index (χ0v) is 19.5. The molecule has 10 nitrogen and oxygen atoms in total. The standard InChI is InChI=1S/C21H29FN6O4S/c1-14-4-5-15(16(22)12-14)13-31-18-17(32-20(23)29)19(33-26-18)25-21(30)24-6-3-7-28-10-8-27(2)9-11-28/h4-5,12H,3,6-11,13H2,1-2H3,(H2,23,29)(H2,24,25,30). The Hall–Kier alpha value is -2.96. The molecule has 1 aliphatic rings. The van der Waals surface area contributed by atoms with Crippen LogP contribution in [0.5, 0.6) is 11.6 Å². The highest BCUT2D eigenvalue weighted by Gasteiger charge is 2.22. The highest BCUT2D eigenvalue weighted by Crippen LogP contribution is 2.39. The molecule has 2 heterocycles. The van der Waals surface area contributed by atoms with E-state index >= 15 is 0 Å². The Bertz CT molecular complexity index is 964. The molecule has 0 aliphatic carbocycles. The molecular formula is C21H29FN6O4S. The van der Waals surface area contributed by atoms with Gasteiger partial charge >= 0.3 is 12.1 Å². The number of rotatable bonds is 9. The third-order valence-corrected chi connectivity index (χ3v) is 5.88. The molecule has 0 bridgehead atoms. The number of nitrogens with two attached hydrogens (primary N) is 1. The quantitative estimate of drug-likeness (QED) is 0.471. The topological polar surface area (TPSA) is 122 Å². The summed E-state index contributed by atoms with van der Waals surface area (Å²) in [5.74, 6) is -0.603. The summed E-state index contributed by atoms with van der Waals surface area (Å²) >= 11 is 0.864. The number of hydrogen-bond donors (Lipinski definition) is 3. The van der Waals surface area contributed by atoms with Gasteiger partial charge in [0.1, 0.15) is 12.4 Å². The number of primary amides is 1. The summed E-state index contributed by atoms with van der Waals surface area (Å²) in [5, 5.41) is 5.52. The first-order valence-electron chi connectivity index (χ1n) is 10.6. The Morgan fingerprint density at radius 2 is 2.03 bits per heavy atom. The number of hydrogen-bond acceptors (Lipinski definition) is 8. The molecular weight excluding hydrogens is 451 g/mol. The summed E-state index contributed by atoms with van der Waals surface area (Å²) in [7, 11) is 2.11. The monoisotopic (exact) mass is 480 g/mol. The van der Waals surface area contributed by atoms with Crippen LogP contribution in [0.4, 0.5) is 19.0 Å². The smallest absolute Gasteiger partial charge is 0.410 e. The first-order chi connectivity index (χ1) is 15.8. The van der Waals surface area contributed by atoms with E-state index in [1.54, 1.807) is 19.1 Å². The summed E-state index contributed by atoms with van der Waals surface area (Å²) in [5.41, 5.74) is 6.23. The number of likely N-dealkylation sites (N-methyl/N-ethyl adjacent to an activating group) is 1. The van der Waals surface area contributed by atoms with Crippen molar-refractivity contribution >= 4 is 28.7 Å². The van der Waals surface area contributed by atoms with Gasteiger partial charge in [0.05, 0.1) is 0 Å². The number of aryl methyl sites for hydroxylation is 1. The van der Waals surface area contributed by atoms with Crippen molar-refractivity contribution in [2.24, 2.45) is 5.73 Å². The van der Waals surface area contributed by atoms with Gasteiger partial charge < -0.3 is 30.3 Å². The molecule has 33 heavy (non-hydrogen) atoms. The second-order valence-corrected chi connectivity index (χ2v) is 8.60. The van der Waals surface area contributed by atoms with Crippen molar-refractivity contribution in [3.8, 4) is 11.6 Å². The van der Waals surface area contributed by atoms with Gasteiger partial charge in [-0.3, -0.25) is 5.32 Å². The number of carbonyl (C=O) groups excluding carboxylic acids is 2. The van der Waals surface area contributed by atoms with E-state index in [-0.39, 0.29) is 23.2 Å². The Morgan fingerprint density at radius 3 is 2.73 bits per heavy atom. The van der Waals surface area contributed by atoms with Crippen molar-refractivity contribution in [2.45, 2.75) is 20.0 Å². The molecule has 4 N–H and O–H groups in total. The first-order valence-corrected chi connectivity index (χ1v) is 11.4. The molecule has 0 radical (unpaired) electrons. The van der Waals surface area contributed by atoms with Gasteiger partial charge in [0.25, 0.3) is 5.88 Å². The lowest BCUT2D eigenvalue weighted by Crippen LogP contribution is -2.45. The number of nitrogens with one attached hydrogen (secondary N) is 2. The van der Waals surface area contributed by atoms with Gasteiger partial charge in [0, 0.05) is 38.3 Å². The van der Waals surface area contributed by atoms with Crippen LogP contribution >= 0.6 is 11.5 Å². The van der Waals surface area contributed by atoms with E-state index in [4.69, 9.17) is 15.2 Å². The van der Waals surface area contributed by atoms with Crippen LogP contribution in [0.1, 0.15) is 17.5 Å². The van der Waals surface area contributed by atoms with Crippen LogP contribution in [0.25, 0.3) is 0 Å². The molecule has 0 atom stereocenters. The van der Waals surface area contributed by atoms with E-state index in [2.05, 4.69) is 31.9 Å². The van der Waals surface area contributed by atoms with Gasteiger partial charge in [0.15, 0.2) is 5.00 Å². The lowest BCUT2D eigenvalue weighted by atomic mass is 10.1. The molecule has 1 aliphatic heterocycles. The minimum absolute atomic E-state index is 0.0656. The van der Waals surface area contributed by atoms with Crippen LogP contribution < -0.4 is 25.8 Å². The third-order valence-electron chi connectivity index (χ3n) is 5.16. The summed E-state index contributed by atoms with van der Waals surface area (Å²) in [6.07, 6.45) is -0.279. The number of benzene rings is 1. The number of halogens is 1. The molecule has 3 rings (SSSR count). The molecule has 0 spiro atoms. The normalized spacial score (nSPS) is 14.6. The van der Waals surface area contributed by atoms with Crippen molar-refractivity contribution < 1.29 is 23.5 Å². The van der Waals surface area contributed by atoms with Gasteiger partial charge in [-0.25, -0.2) is 14.0 Å².